The van der Waals surface area contributed by atoms with Crippen molar-refractivity contribution in [1.29, 1.82) is 0 Å². The van der Waals surface area contributed by atoms with Crippen LogP contribution >= 0.6 is 0 Å². The van der Waals surface area contributed by atoms with E-state index in [1.165, 1.54) is 6.07 Å². The summed E-state index contributed by atoms with van der Waals surface area (Å²) < 4.78 is 18.7. The normalized spacial score (nSPS) is 13.6. The van der Waals surface area contributed by atoms with Crippen LogP contribution in [0.25, 0.3) is 0 Å². The molecule has 22 heavy (non-hydrogen) atoms. The van der Waals surface area contributed by atoms with Crippen molar-refractivity contribution in [2.75, 3.05) is 13.7 Å². The van der Waals surface area contributed by atoms with Crippen molar-refractivity contribution in [3.63, 3.8) is 0 Å². The van der Waals surface area contributed by atoms with Crippen molar-refractivity contribution in [3.8, 4) is 11.5 Å². The molecule has 0 bridgehead atoms. The first-order valence-electron chi connectivity index (χ1n) is 7.05. The van der Waals surface area contributed by atoms with E-state index in [9.17, 15) is 14.6 Å². The molecule has 2 aromatic rings. The lowest BCUT2D eigenvalue weighted by Gasteiger charge is -2.19. The van der Waals surface area contributed by atoms with Gasteiger partial charge in [0.2, 0.25) is 0 Å². The summed E-state index contributed by atoms with van der Waals surface area (Å²) in [7, 11) is 1.55. The molecule has 0 spiro atoms. The van der Waals surface area contributed by atoms with E-state index in [1.807, 2.05) is 6.92 Å². The quantitative estimate of drug-likeness (QED) is 0.768. The SMILES string of the molecule is COc1ccc(O)c(C(C)NCC(O)c2ccccc2F)c1. The van der Waals surface area contributed by atoms with Gasteiger partial charge in [0, 0.05) is 23.7 Å². The number of rotatable bonds is 6. The highest BCUT2D eigenvalue weighted by atomic mass is 19.1. The molecule has 2 rings (SSSR count). The van der Waals surface area contributed by atoms with E-state index < -0.39 is 11.9 Å². The van der Waals surface area contributed by atoms with Gasteiger partial charge in [-0.3, -0.25) is 0 Å². The van der Waals surface area contributed by atoms with Crippen molar-refractivity contribution in [2.24, 2.45) is 0 Å². The Labute approximate surface area is 129 Å². The maximum absolute atomic E-state index is 13.6. The first-order valence-corrected chi connectivity index (χ1v) is 7.05. The molecule has 0 amide bonds. The van der Waals surface area contributed by atoms with Gasteiger partial charge in [-0.2, -0.15) is 0 Å². The summed E-state index contributed by atoms with van der Waals surface area (Å²) >= 11 is 0. The number of aliphatic hydroxyl groups is 1. The zero-order valence-corrected chi connectivity index (χ0v) is 12.6. The van der Waals surface area contributed by atoms with Crippen molar-refractivity contribution < 1.29 is 19.3 Å². The highest BCUT2D eigenvalue weighted by Gasteiger charge is 2.16. The molecule has 0 fully saturated rings. The second kappa shape index (κ2) is 7.24. The molecule has 0 aliphatic heterocycles. The van der Waals surface area contributed by atoms with E-state index >= 15 is 0 Å². The predicted octanol–water partition coefficient (Wildman–Crippen LogP) is 2.92. The Morgan fingerprint density at radius 2 is 1.91 bits per heavy atom. The third kappa shape index (κ3) is 3.75. The van der Waals surface area contributed by atoms with E-state index in [2.05, 4.69) is 5.32 Å². The summed E-state index contributed by atoms with van der Waals surface area (Å²) in [6.45, 7) is 2.02. The first kappa shape index (κ1) is 16.3. The number of hydrogen-bond donors (Lipinski definition) is 3. The molecule has 3 N–H and O–H groups in total. The average Bonchev–Trinajstić information content (AvgIpc) is 2.53. The van der Waals surface area contributed by atoms with Gasteiger partial charge in [0.15, 0.2) is 0 Å². The van der Waals surface area contributed by atoms with Crippen molar-refractivity contribution in [1.82, 2.24) is 5.32 Å². The maximum atomic E-state index is 13.6. The molecule has 2 aromatic carbocycles. The number of aromatic hydroxyl groups is 1. The Kier molecular flexibility index (Phi) is 5.35. The van der Waals surface area contributed by atoms with E-state index in [4.69, 9.17) is 4.74 Å². The highest BCUT2D eigenvalue weighted by Crippen LogP contribution is 2.28. The molecule has 0 saturated carbocycles. The minimum atomic E-state index is -0.962. The minimum Gasteiger partial charge on any atom is -0.508 e. The number of hydrogen-bond acceptors (Lipinski definition) is 4. The van der Waals surface area contributed by atoms with Crippen LogP contribution in [-0.4, -0.2) is 23.9 Å². The Morgan fingerprint density at radius 1 is 1.18 bits per heavy atom. The second-order valence-corrected chi connectivity index (χ2v) is 5.09. The molecule has 2 unspecified atom stereocenters. The van der Waals surface area contributed by atoms with Crippen LogP contribution < -0.4 is 10.1 Å². The van der Waals surface area contributed by atoms with Crippen LogP contribution in [0.5, 0.6) is 11.5 Å². The third-order valence-electron chi connectivity index (χ3n) is 3.58. The van der Waals surface area contributed by atoms with Gasteiger partial charge in [0.25, 0.3) is 0 Å². The molecule has 118 valence electrons. The number of phenols is 1. The molecular weight excluding hydrogens is 285 g/mol. The van der Waals surface area contributed by atoms with E-state index in [0.717, 1.165) is 0 Å². The molecular formula is C17H20FNO3. The Morgan fingerprint density at radius 3 is 2.59 bits per heavy atom. The lowest BCUT2D eigenvalue weighted by Crippen LogP contribution is -2.25. The summed E-state index contributed by atoms with van der Waals surface area (Å²) in [6, 6.07) is 10.8. The van der Waals surface area contributed by atoms with Gasteiger partial charge in [-0.1, -0.05) is 18.2 Å². The zero-order chi connectivity index (χ0) is 16.1. The van der Waals surface area contributed by atoms with E-state index in [-0.39, 0.29) is 23.9 Å². The van der Waals surface area contributed by atoms with E-state index in [0.29, 0.717) is 11.3 Å². The number of ether oxygens (including phenoxy) is 1. The van der Waals surface area contributed by atoms with Crippen LogP contribution in [0.2, 0.25) is 0 Å². The topological polar surface area (TPSA) is 61.7 Å². The average molecular weight is 305 g/mol. The van der Waals surface area contributed by atoms with Gasteiger partial charge in [0.1, 0.15) is 17.3 Å². The molecule has 0 heterocycles. The Bertz CT molecular complexity index is 633. The molecule has 0 saturated heterocycles. The molecule has 0 aliphatic carbocycles. The molecule has 4 nitrogen and oxygen atoms in total. The fourth-order valence-corrected chi connectivity index (χ4v) is 2.26. The third-order valence-corrected chi connectivity index (χ3v) is 3.58. The van der Waals surface area contributed by atoms with Crippen molar-refractivity contribution in [2.45, 2.75) is 19.1 Å². The van der Waals surface area contributed by atoms with Crippen LogP contribution in [-0.2, 0) is 0 Å². The zero-order valence-electron chi connectivity index (χ0n) is 12.6. The molecule has 0 aromatic heterocycles. The number of benzene rings is 2. The number of halogens is 1. The predicted molar refractivity (Wildman–Crippen MR) is 82.4 cm³/mol. The smallest absolute Gasteiger partial charge is 0.129 e. The van der Waals surface area contributed by atoms with Crippen LogP contribution in [0.1, 0.15) is 30.2 Å². The minimum absolute atomic E-state index is 0.140. The summed E-state index contributed by atoms with van der Waals surface area (Å²) in [4.78, 5) is 0. The van der Waals surface area contributed by atoms with Gasteiger partial charge >= 0.3 is 0 Å². The summed E-state index contributed by atoms with van der Waals surface area (Å²) in [5, 5.41) is 23.1. The standard InChI is InChI=1S/C17H20FNO3/c1-11(14-9-12(22-2)7-8-16(14)20)19-10-17(21)13-5-3-4-6-15(13)18/h3-9,11,17,19-21H,10H2,1-2H3. The summed E-state index contributed by atoms with van der Waals surface area (Å²) in [5.41, 5.74) is 0.900. The van der Waals surface area contributed by atoms with Crippen LogP contribution in [0.15, 0.2) is 42.5 Å². The highest BCUT2D eigenvalue weighted by molar-refractivity contribution is 5.41. The molecule has 2 atom stereocenters. The Balaban J connectivity index is 2.04. The number of nitrogens with one attached hydrogen (secondary N) is 1. The molecule has 5 heteroatoms. The monoisotopic (exact) mass is 305 g/mol. The van der Waals surface area contributed by atoms with Crippen molar-refractivity contribution in [3.05, 3.63) is 59.4 Å². The maximum Gasteiger partial charge on any atom is 0.129 e. The molecule has 0 radical (unpaired) electrons. The molecule has 0 aliphatic rings. The van der Waals surface area contributed by atoms with Gasteiger partial charge in [-0.05, 0) is 31.2 Å². The van der Waals surface area contributed by atoms with E-state index in [1.54, 1.807) is 43.5 Å². The van der Waals surface area contributed by atoms with Gasteiger partial charge in [0.05, 0.1) is 13.2 Å². The van der Waals surface area contributed by atoms with Crippen LogP contribution in [0.3, 0.4) is 0 Å². The fourth-order valence-electron chi connectivity index (χ4n) is 2.26. The first-order chi connectivity index (χ1) is 10.5. The number of phenolic OH excluding ortho intramolecular Hbond substituents is 1. The van der Waals surface area contributed by atoms with Crippen LogP contribution in [0.4, 0.5) is 4.39 Å². The largest absolute Gasteiger partial charge is 0.508 e. The number of aliphatic hydroxyl groups excluding tert-OH is 1. The van der Waals surface area contributed by atoms with Gasteiger partial charge in [-0.15, -0.1) is 0 Å². The van der Waals surface area contributed by atoms with Crippen LogP contribution in [0, 0.1) is 5.82 Å². The lowest BCUT2D eigenvalue weighted by molar-refractivity contribution is 0.166. The van der Waals surface area contributed by atoms with Gasteiger partial charge in [-0.25, -0.2) is 4.39 Å². The second-order valence-electron chi connectivity index (χ2n) is 5.09. The number of methoxy groups -OCH3 is 1. The Hall–Kier alpha value is -2.11. The summed E-state index contributed by atoms with van der Waals surface area (Å²) in [6.07, 6.45) is -0.962. The van der Waals surface area contributed by atoms with Crippen molar-refractivity contribution >= 4 is 0 Å². The van der Waals surface area contributed by atoms with Gasteiger partial charge < -0.3 is 20.3 Å². The lowest BCUT2D eigenvalue weighted by atomic mass is 10.1. The fraction of sp³-hybridized carbons (Fsp3) is 0.294. The summed E-state index contributed by atoms with van der Waals surface area (Å²) in [5.74, 6) is 0.339.